The summed E-state index contributed by atoms with van der Waals surface area (Å²) in [6.45, 7) is 3.66. The van der Waals surface area contributed by atoms with E-state index in [0.717, 1.165) is 26.2 Å². The molecule has 0 aromatic heterocycles. The van der Waals surface area contributed by atoms with E-state index in [2.05, 4.69) is 10.2 Å². The zero-order valence-electron chi connectivity index (χ0n) is 12.1. The molecule has 0 aromatic carbocycles. The van der Waals surface area contributed by atoms with Crippen molar-refractivity contribution in [2.75, 3.05) is 40.5 Å². The van der Waals surface area contributed by atoms with Crippen molar-refractivity contribution in [3.05, 3.63) is 0 Å². The Morgan fingerprint density at radius 1 is 1.37 bits per heavy atom. The van der Waals surface area contributed by atoms with E-state index < -0.39 is 0 Å². The second kappa shape index (κ2) is 7.22. The summed E-state index contributed by atoms with van der Waals surface area (Å²) in [4.78, 5) is 14.2. The summed E-state index contributed by atoms with van der Waals surface area (Å²) in [5, 5.41) is 3.39. The van der Waals surface area contributed by atoms with Crippen LogP contribution in [-0.2, 0) is 14.3 Å². The molecular weight excluding hydrogens is 244 g/mol. The zero-order valence-corrected chi connectivity index (χ0v) is 12.1. The Hall–Kier alpha value is -0.650. The molecule has 1 saturated carbocycles. The maximum Gasteiger partial charge on any atom is 0.324 e. The van der Waals surface area contributed by atoms with Crippen molar-refractivity contribution >= 4 is 5.97 Å². The molecule has 0 spiro atoms. The third-order valence-corrected chi connectivity index (χ3v) is 3.95. The molecule has 1 saturated heterocycles. The van der Waals surface area contributed by atoms with Crippen LogP contribution in [0, 0.1) is 5.92 Å². The molecule has 2 rings (SSSR count). The fourth-order valence-electron chi connectivity index (χ4n) is 2.82. The van der Waals surface area contributed by atoms with Crippen LogP contribution in [-0.4, -0.2) is 63.4 Å². The number of esters is 1. The Kier molecular flexibility index (Phi) is 5.60. The topological polar surface area (TPSA) is 50.8 Å². The van der Waals surface area contributed by atoms with Gasteiger partial charge in [-0.05, 0) is 38.1 Å². The van der Waals surface area contributed by atoms with Crippen LogP contribution in [0.1, 0.15) is 25.7 Å². The highest BCUT2D eigenvalue weighted by Crippen LogP contribution is 2.21. The minimum atomic E-state index is -0.182. The van der Waals surface area contributed by atoms with E-state index >= 15 is 0 Å². The molecule has 0 aromatic rings. The van der Waals surface area contributed by atoms with Gasteiger partial charge in [0.1, 0.15) is 6.04 Å². The fraction of sp³-hybridized carbons (Fsp3) is 0.929. The van der Waals surface area contributed by atoms with E-state index in [4.69, 9.17) is 9.47 Å². The number of nitrogens with one attached hydrogen (secondary N) is 1. The molecule has 0 amide bonds. The Labute approximate surface area is 115 Å². The van der Waals surface area contributed by atoms with Crippen molar-refractivity contribution in [2.45, 2.75) is 37.8 Å². The van der Waals surface area contributed by atoms with Gasteiger partial charge in [-0.3, -0.25) is 4.79 Å². The van der Waals surface area contributed by atoms with Crippen LogP contribution >= 0.6 is 0 Å². The monoisotopic (exact) mass is 270 g/mol. The first-order valence-electron chi connectivity index (χ1n) is 7.28. The van der Waals surface area contributed by atoms with Gasteiger partial charge in [0, 0.05) is 26.2 Å². The van der Waals surface area contributed by atoms with E-state index in [1.165, 1.54) is 32.8 Å². The summed E-state index contributed by atoms with van der Waals surface area (Å²) in [5.41, 5.74) is 0. The van der Waals surface area contributed by atoms with Crippen molar-refractivity contribution in [1.82, 2.24) is 10.2 Å². The van der Waals surface area contributed by atoms with Crippen LogP contribution in [0.2, 0.25) is 0 Å². The lowest BCUT2D eigenvalue weighted by molar-refractivity contribution is -0.143. The molecule has 1 N–H and O–H groups in total. The number of ether oxygens (including phenoxy) is 2. The van der Waals surface area contributed by atoms with E-state index in [1.807, 2.05) is 0 Å². The van der Waals surface area contributed by atoms with Gasteiger partial charge >= 0.3 is 5.97 Å². The quantitative estimate of drug-likeness (QED) is 0.688. The van der Waals surface area contributed by atoms with E-state index in [1.54, 1.807) is 7.11 Å². The first kappa shape index (κ1) is 14.8. The first-order valence-corrected chi connectivity index (χ1v) is 7.28. The number of likely N-dealkylation sites (tertiary alicyclic amines) is 1. The van der Waals surface area contributed by atoms with Gasteiger partial charge in [0.2, 0.25) is 0 Å². The molecule has 0 bridgehead atoms. The number of carbonyl (C=O) groups excluding carboxylic acids is 1. The average molecular weight is 270 g/mol. The van der Waals surface area contributed by atoms with Gasteiger partial charge in [0.15, 0.2) is 0 Å². The lowest BCUT2D eigenvalue weighted by atomic mass is 9.98. The summed E-state index contributed by atoms with van der Waals surface area (Å²) in [6, 6.07) is 0.336. The minimum absolute atomic E-state index is 0.138. The van der Waals surface area contributed by atoms with Crippen molar-refractivity contribution < 1.29 is 14.3 Å². The number of hydrogen-bond acceptors (Lipinski definition) is 5. The third kappa shape index (κ3) is 4.75. The van der Waals surface area contributed by atoms with Crippen molar-refractivity contribution in [3.63, 3.8) is 0 Å². The first-order chi connectivity index (χ1) is 9.22. The highest BCUT2D eigenvalue weighted by atomic mass is 16.5. The van der Waals surface area contributed by atoms with Crippen LogP contribution in [0.4, 0.5) is 0 Å². The standard InChI is InChI=1S/C14H26N2O3/c1-18-10-11-4-3-7-16(8-11)9-13(14(17)19-2)15-12-5-6-12/h11-13,15H,3-10H2,1-2H3. The van der Waals surface area contributed by atoms with Gasteiger partial charge in [-0.1, -0.05) is 0 Å². The predicted octanol–water partition coefficient (Wildman–Crippen LogP) is 0.638. The van der Waals surface area contributed by atoms with E-state index in [0.29, 0.717) is 12.0 Å². The maximum absolute atomic E-state index is 11.8. The molecule has 2 aliphatic rings. The summed E-state index contributed by atoms with van der Waals surface area (Å²) in [5.74, 6) is 0.457. The fourth-order valence-corrected chi connectivity index (χ4v) is 2.82. The minimum Gasteiger partial charge on any atom is -0.468 e. The molecule has 0 radical (unpaired) electrons. The molecule has 1 aliphatic heterocycles. The van der Waals surface area contributed by atoms with Crippen LogP contribution in [0.5, 0.6) is 0 Å². The van der Waals surface area contributed by atoms with Crippen LogP contribution < -0.4 is 5.32 Å². The second-order valence-corrected chi connectivity index (χ2v) is 5.74. The van der Waals surface area contributed by atoms with Gasteiger partial charge in [-0.15, -0.1) is 0 Å². The lowest BCUT2D eigenvalue weighted by Gasteiger charge is -2.34. The highest BCUT2D eigenvalue weighted by molar-refractivity contribution is 5.76. The zero-order chi connectivity index (χ0) is 13.7. The number of methoxy groups -OCH3 is 2. The van der Waals surface area contributed by atoms with E-state index in [9.17, 15) is 4.79 Å². The number of carbonyl (C=O) groups is 1. The molecule has 2 unspecified atom stereocenters. The van der Waals surface area contributed by atoms with Crippen molar-refractivity contribution in [2.24, 2.45) is 5.92 Å². The summed E-state index contributed by atoms with van der Waals surface area (Å²) in [7, 11) is 3.22. The number of rotatable bonds is 7. The normalized spacial score (nSPS) is 26.1. The third-order valence-electron chi connectivity index (χ3n) is 3.95. The van der Waals surface area contributed by atoms with Gasteiger partial charge in [0.05, 0.1) is 13.7 Å². The van der Waals surface area contributed by atoms with Crippen molar-refractivity contribution in [3.8, 4) is 0 Å². The SMILES string of the molecule is COCC1CCCN(CC(NC2CC2)C(=O)OC)C1. The average Bonchev–Trinajstić information content (AvgIpc) is 3.22. The van der Waals surface area contributed by atoms with E-state index in [-0.39, 0.29) is 12.0 Å². The van der Waals surface area contributed by atoms with Crippen LogP contribution in [0.3, 0.4) is 0 Å². The molecule has 1 aliphatic carbocycles. The molecular formula is C14H26N2O3. The second-order valence-electron chi connectivity index (χ2n) is 5.74. The van der Waals surface area contributed by atoms with Crippen molar-refractivity contribution in [1.29, 1.82) is 0 Å². The Balaban J connectivity index is 1.82. The molecule has 2 atom stereocenters. The van der Waals surface area contributed by atoms with Gasteiger partial charge in [-0.2, -0.15) is 0 Å². The Morgan fingerprint density at radius 3 is 2.79 bits per heavy atom. The molecule has 2 fully saturated rings. The predicted molar refractivity (Wildman–Crippen MR) is 73.0 cm³/mol. The molecule has 5 heteroatoms. The van der Waals surface area contributed by atoms with Crippen LogP contribution in [0.25, 0.3) is 0 Å². The number of piperidine rings is 1. The molecule has 5 nitrogen and oxygen atoms in total. The number of hydrogen-bond donors (Lipinski definition) is 1. The lowest BCUT2D eigenvalue weighted by Crippen LogP contribution is -2.50. The molecule has 1 heterocycles. The Morgan fingerprint density at radius 2 is 2.16 bits per heavy atom. The molecule has 19 heavy (non-hydrogen) atoms. The summed E-state index contributed by atoms with van der Waals surface area (Å²) >= 11 is 0. The highest BCUT2D eigenvalue weighted by Gasteiger charge is 2.31. The maximum atomic E-state index is 11.8. The summed E-state index contributed by atoms with van der Waals surface area (Å²) in [6.07, 6.45) is 4.77. The van der Waals surface area contributed by atoms with Gasteiger partial charge in [-0.25, -0.2) is 0 Å². The Bertz CT molecular complexity index is 292. The number of nitrogens with zero attached hydrogens (tertiary/aromatic N) is 1. The van der Waals surface area contributed by atoms with Crippen LogP contribution in [0.15, 0.2) is 0 Å². The molecule has 110 valence electrons. The largest absolute Gasteiger partial charge is 0.468 e. The van der Waals surface area contributed by atoms with Gasteiger partial charge in [0.25, 0.3) is 0 Å². The smallest absolute Gasteiger partial charge is 0.324 e. The summed E-state index contributed by atoms with van der Waals surface area (Å²) < 4.78 is 10.1. The van der Waals surface area contributed by atoms with Gasteiger partial charge < -0.3 is 19.7 Å².